The van der Waals surface area contributed by atoms with E-state index in [-0.39, 0.29) is 12.7 Å². The predicted octanol–water partition coefficient (Wildman–Crippen LogP) is 4.68. The van der Waals surface area contributed by atoms with Crippen molar-refractivity contribution in [1.82, 2.24) is 14.8 Å². The third-order valence-electron chi connectivity index (χ3n) is 7.12. The van der Waals surface area contributed by atoms with Crippen LogP contribution in [0.4, 0.5) is 11.5 Å². The lowest BCUT2D eigenvalue weighted by molar-refractivity contribution is 0.0630. The van der Waals surface area contributed by atoms with Crippen molar-refractivity contribution in [3.05, 3.63) is 77.9 Å². The number of methoxy groups -OCH3 is 2. The molecule has 0 bridgehead atoms. The lowest BCUT2D eigenvalue weighted by atomic mass is 10.1. The van der Waals surface area contributed by atoms with Crippen molar-refractivity contribution < 1.29 is 23.7 Å². The molecule has 3 aromatic carbocycles. The number of carbonyl (C=O) groups is 1. The Kier molecular flexibility index (Phi) is 6.81. The number of carbonyl (C=O) groups excluding carboxylic acids is 1. The number of pyridine rings is 1. The van der Waals surface area contributed by atoms with Crippen LogP contribution in [-0.4, -0.2) is 67.9 Å². The molecule has 0 spiro atoms. The van der Waals surface area contributed by atoms with Gasteiger partial charge in [0, 0.05) is 44.2 Å². The minimum Gasteiger partial charge on any atom is -0.497 e. The van der Waals surface area contributed by atoms with Crippen molar-refractivity contribution in [2.45, 2.75) is 6.54 Å². The Morgan fingerprint density at radius 2 is 1.74 bits per heavy atom. The number of fused-ring (bicyclic) bond motifs is 2. The highest BCUT2D eigenvalue weighted by Gasteiger charge is 2.25. The molecule has 200 valence electrons. The molecule has 1 N–H and O–H groups in total. The zero-order valence-electron chi connectivity index (χ0n) is 22.0. The fourth-order valence-electron chi connectivity index (χ4n) is 5.03. The molecule has 1 fully saturated rings. The number of benzene rings is 3. The summed E-state index contributed by atoms with van der Waals surface area (Å²) in [6.45, 7) is 3.95. The number of anilines is 2. The van der Waals surface area contributed by atoms with Gasteiger partial charge in [-0.05, 0) is 42.0 Å². The van der Waals surface area contributed by atoms with Crippen molar-refractivity contribution in [2.75, 3.05) is 52.5 Å². The summed E-state index contributed by atoms with van der Waals surface area (Å²) in [5.74, 6) is 3.47. The number of para-hydroxylation sites is 1. The molecule has 0 unspecified atom stereocenters. The summed E-state index contributed by atoms with van der Waals surface area (Å²) in [5.41, 5.74) is 3.28. The van der Waals surface area contributed by atoms with Crippen molar-refractivity contribution in [1.29, 1.82) is 0 Å². The summed E-state index contributed by atoms with van der Waals surface area (Å²) in [6.07, 6.45) is 0. The summed E-state index contributed by atoms with van der Waals surface area (Å²) in [7, 11) is 3.22. The molecule has 0 aliphatic carbocycles. The van der Waals surface area contributed by atoms with Crippen LogP contribution in [0.15, 0.2) is 66.7 Å². The van der Waals surface area contributed by atoms with Crippen LogP contribution in [0.1, 0.15) is 15.9 Å². The quantitative estimate of drug-likeness (QED) is 0.372. The van der Waals surface area contributed by atoms with E-state index in [9.17, 15) is 4.79 Å². The van der Waals surface area contributed by atoms with Crippen LogP contribution in [0.5, 0.6) is 23.0 Å². The van der Waals surface area contributed by atoms with Gasteiger partial charge in [-0.15, -0.1) is 0 Å². The van der Waals surface area contributed by atoms with Crippen LogP contribution < -0.4 is 24.3 Å². The normalized spacial score (nSPS) is 14.9. The predicted molar refractivity (Wildman–Crippen MR) is 148 cm³/mol. The van der Waals surface area contributed by atoms with Gasteiger partial charge in [-0.1, -0.05) is 24.3 Å². The molecule has 0 atom stereocenters. The van der Waals surface area contributed by atoms with Crippen LogP contribution in [0, 0.1) is 0 Å². The maximum atomic E-state index is 13.8. The van der Waals surface area contributed by atoms with Gasteiger partial charge in [-0.3, -0.25) is 9.69 Å². The summed E-state index contributed by atoms with van der Waals surface area (Å²) in [6, 6.07) is 21.1. The highest BCUT2D eigenvalue weighted by molar-refractivity contribution is 6.07. The first-order chi connectivity index (χ1) is 19.1. The van der Waals surface area contributed by atoms with E-state index in [2.05, 4.69) is 16.3 Å². The lowest BCUT2D eigenvalue weighted by Gasteiger charge is -2.35. The van der Waals surface area contributed by atoms with Gasteiger partial charge in [0.1, 0.15) is 17.3 Å². The van der Waals surface area contributed by atoms with Crippen LogP contribution in [0.3, 0.4) is 0 Å². The van der Waals surface area contributed by atoms with Crippen LogP contribution >= 0.6 is 0 Å². The van der Waals surface area contributed by atoms with E-state index < -0.39 is 0 Å². The van der Waals surface area contributed by atoms with Gasteiger partial charge >= 0.3 is 0 Å². The van der Waals surface area contributed by atoms with Gasteiger partial charge in [0.2, 0.25) is 6.79 Å². The van der Waals surface area contributed by atoms with Gasteiger partial charge in [0.15, 0.2) is 11.5 Å². The van der Waals surface area contributed by atoms with E-state index >= 15 is 0 Å². The molecule has 2 aliphatic heterocycles. The molecule has 9 nitrogen and oxygen atoms in total. The van der Waals surface area contributed by atoms with Gasteiger partial charge < -0.3 is 29.2 Å². The van der Waals surface area contributed by atoms with Crippen molar-refractivity contribution >= 4 is 28.3 Å². The lowest BCUT2D eigenvalue weighted by Crippen LogP contribution is -2.48. The van der Waals surface area contributed by atoms with Crippen LogP contribution in [0.25, 0.3) is 10.9 Å². The molecule has 0 radical (unpaired) electrons. The number of aromatic nitrogens is 1. The average molecular weight is 527 g/mol. The first kappa shape index (κ1) is 24.8. The molecule has 1 saturated heterocycles. The van der Waals surface area contributed by atoms with Crippen molar-refractivity contribution in [2.24, 2.45) is 0 Å². The molecule has 39 heavy (non-hydrogen) atoms. The fourth-order valence-corrected chi connectivity index (χ4v) is 5.03. The monoisotopic (exact) mass is 526 g/mol. The molecule has 9 heteroatoms. The second-order valence-corrected chi connectivity index (χ2v) is 9.52. The number of rotatable bonds is 7. The average Bonchev–Trinajstić information content (AvgIpc) is 3.45. The van der Waals surface area contributed by atoms with E-state index in [1.54, 1.807) is 20.3 Å². The Bertz CT molecular complexity index is 1520. The summed E-state index contributed by atoms with van der Waals surface area (Å²) < 4.78 is 21.8. The first-order valence-electron chi connectivity index (χ1n) is 12.9. The molecule has 2 aliphatic rings. The second-order valence-electron chi connectivity index (χ2n) is 9.52. The smallest absolute Gasteiger partial charge is 0.254 e. The molecule has 3 heterocycles. The zero-order chi connectivity index (χ0) is 26.8. The Morgan fingerprint density at radius 3 is 2.56 bits per heavy atom. The number of ether oxygens (including phenoxy) is 4. The zero-order valence-corrected chi connectivity index (χ0v) is 22.0. The third kappa shape index (κ3) is 5.13. The van der Waals surface area contributed by atoms with Crippen molar-refractivity contribution in [3.63, 3.8) is 0 Å². The second kappa shape index (κ2) is 10.7. The Hall–Kier alpha value is -4.50. The van der Waals surface area contributed by atoms with Crippen molar-refractivity contribution in [3.8, 4) is 23.0 Å². The first-order valence-corrected chi connectivity index (χ1v) is 12.9. The number of nitrogens with one attached hydrogen (secondary N) is 1. The molecule has 1 amide bonds. The van der Waals surface area contributed by atoms with E-state index in [1.807, 2.05) is 59.5 Å². The number of hydrogen-bond donors (Lipinski definition) is 1. The van der Waals surface area contributed by atoms with Gasteiger partial charge in [0.05, 0.1) is 31.0 Å². The molecular weight excluding hydrogens is 496 g/mol. The van der Waals surface area contributed by atoms with Gasteiger partial charge in [0.25, 0.3) is 5.91 Å². The third-order valence-corrected chi connectivity index (χ3v) is 7.12. The Balaban J connectivity index is 1.19. The topological polar surface area (TPSA) is 85.4 Å². The molecule has 6 rings (SSSR count). The maximum absolute atomic E-state index is 13.8. The molecule has 4 aromatic rings. The minimum absolute atomic E-state index is 0.000996. The Morgan fingerprint density at radius 1 is 0.923 bits per heavy atom. The van der Waals surface area contributed by atoms with Crippen LogP contribution in [-0.2, 0) is 6.54 Å². The largest absolute Gasteiger partial charge is 0.497 e. The standard InChI is InChI=1S/C30H30N4O5/c1-36-21-8-9-25(27(16-21)37-2)32-29-17-23(22-5-3-4-6-24(22)31-29)30(35)34-13-11-33(12-14-34)18-20-7-10-26-28(15-20)39-19-38-26/h3-10,15-17H,11-14,18-19H2,1-2H3,(H,31,32). The Labute approximate surface area is 226 Å². The van der Waals surface area contributed by atoms with E-state index in [4.69, 9.17) is 23.9 Å². The van der Waals surface area contributed by atoms with E-state index in [0.29, 0.717) is 36.0 Å². The van der Waals surface area contributed by atoms with E-state index in [1.165, 1.54) is 5.56 Å². The SMILES string of the molecule is COc1ccc(Nc2cc(C(=O)N3CCN(Cc4ccc5c(c4)OCO5)CC3)c3ccccc3n2)c(OC)c1. The van der Waals surface area contributed by atoms with Gasteiger partial charge in [-0.25, -0.2) is 4.98 Å². The number of hydrogen-bond acceptors (Lipinski definition) is 8. The maximum Gasteiger partial charge on any atom is 0.254 e. The summed E-state index contributed by atoms with van der Waals surface area (Å²) in [4.78, 5) is 22.8. The van der Waals surface area contributed by atoms with Gasteiger partial charge in [-0.2, -0.15) is 0 Å². The minimum atomic E-state index is 0.000996. The fraction of sp³-hybridized carbons (Fsp3) is 0.267. The number of amides is 1. The number of piperazine rings is 1. The molecular formula is C30H30N4O5. The van der Waals surface area contributed by atoms with E-state index in [0.717, 1.165) is 47.7 Å². The van der Waals surface area contributed by atoms with Crippen LogP contribution in [0.2, 0.25) is 0 Å². The number of nitrogens with zero attached hydrogens (tertiary/aromatic N) is 3. The molecule has 0 saturated carbocycles. The summed E-state index contributed by atoms with van der Waals surface area (Å²) >= 11 is 0. The molecule has 1 aromatic heterocycles. The summed E-state index contributed by atoms with van der Waals surface area (Å²) in [5, 5.41) is 4.16. The highest BCUT2D eigenvalue weighted by atomic mass is 16.7. The highest BCUT2D eigenvalue weighted by Crippen LogP contribution is 2.34.